The highest BCUT2D eigenvalue weighted by molar-refractivity contribution is 7.26. The van der Waals surface area contributed by atoms with Gasteiger partial charge in [-0.15, -0.1) is 11.3 Å². The van der Waals surface area contributed by atoms with E-state index in [1.54, 1.807) is 0 Å². The Morgan fingerprint density at radius 1 is 0.545 bits per heavy atom. The first kappa shape index (κ1) is 20.0. The van der Waals surface area contributed by atoms with Gasteiger partial charge >= 0.3 is 0 Å². The van der Waals surface area contributed by atoms with Crippen LogP contribution in [0, 0.1) is 0 Å². The first-order valence-corrected chi connectivity index (χ1v) is 12.1. The molecule has 0 saturated carbocycles. The topological polar surface area (TPSA) is 3.24 Å². The third kappa shape index (κ3) is 3.68. The van der Waals surface area contributed by atoms with Gasteiger partial charge in [0.1, 0.15) is 0 Å². The first-order valence-electron chi connectivity index (χ1n) is 10.9. The van der Waals surface area contributed by atoms with Crippen LogP contribution < -0.4 is 4.90 Å². The SMILES string of the molecule is Clc1cccc(N(c2ccc(-c3ccccc3)cc2)c2cccc3c2sc2ccccc23)c1. The summed E-state index contributed by atoms with van der Waals surface area (Å²) < 4.78 is 2.57. The standard InChI is InChI=1S/C30H20ClNS/c31-23-10-6-11-25(20-23)32(24-18-16-22(17-19-24)21-8-2-1-3-9-21)28-14-7-13-27-26-12-4-5-15-29(26)33-30(27)28/h1-20H. The molecule has 0 radical (unpaired) electrons. The number of halogens is 1. The number of nitrogens with zero attached hydrogens (tertiary/aromatic N) is 1. The van der Waals surface area contributed by atoms with Crippen molar-refractivity contribution in [2.24, 2.45) is 0 Å². The Hall–Kier alpha value is -3.59. The van der Waals surface area contributed by atoms with Crippen LogP contribution in [-0.4, -0.2) is 0 Å². The third-order valence-electron chi connectivity index (χ3n) is 5.92. The Morgan fingerprint density at radius 3 is 2.06 bits per heavy atom. The highest BCUT2D eigenvalue weighted by Gasteiger charge is 2.18. The molecule has 158 valence electrons. The smallest absolute Gasteiger partial charge is 0.0640 e. The number of anilines is 3. The molecule has 0 aliphatic rings. The summed E-state index contributed by atoms with van der Waals surface area (Å²) in [6.45, 7) is 0. The highest BCUT2D eigenvalue weighted by atomic mass is 35.5. The van der Waals surface area contributed by atoms with Crippen molar-refractivity contribution in [3.05, 3.63) is 126 Å². The minimum Gasteiger partial charge on any atom is -0.309 e. The molecule has 0 aliphatic heterocycles. The molecule has 0 amide bonds. The monoisotopic (exact) mass is 461 g/mol. The van der Waals surface area contributed by atoms with Crippen LogP contribution in [-0.2, 0) is 0 Å². The van der Waals surface area contributed by atoms with Crippen molar-refractivity contribution in [1.82, 2.24) is 0 Å². The molecule has 0 saturated heterocycles. The Morgan fingerprint density at radius 2 is 1.24 bits per heavy atom. The maximum atomic E-state index is 6.43. The van der Waals surface area contributed by atoms with Gasteiger partial charge in [-0.25, -0.2) is 0 Å². The number of hydrogen-bond acceptors (Lipinski definition) is 2. The predicted molar refractivity (Wildman–Crippen MR) is 144 cm³/mol. The van der Waals surface area contributed by atoms with Crippen molar-refractivity contribution in [2.75, 3.05) is 4.90 Å². The van der Waals surface area contributed by atoms with E-state index in [9.17, 15) is 0 Å². The third-order valence-corrected chi connectivity index (χ3v) is 7.37. The molecule has 0 bridgehead atoms. The van der Waals surface area contributed by atoms with Gasteiger partial charge in [0.25, 0.3) is 0 Å². The zero-order valence-corrected chi connectivity index (χ0v) is 19.4. The summed E-state index contributed by atoms with van der Waals surface area (Å²) in [5.41, 5.74) is 5.71. The molecular formula is C30H20ClNS. The first-order chi connectivity index (χ1) is 16.3. The Kier molecular flexibility index (Phi) is 5.10. The summed E-state index contributed by atoms with van der Waals surface area (Å²) in [4.78, 5) is 2.30. The molecule has 0 spiro atoms. The Balaban J connectivity index is 1.55. The second-order valence-corrected chi connectivity index (χ2v) is 9.47. The number of thiophene rings is 1. The van der Waals surface area contributed by atoms with E-state index in [1.807, 2.05) is 35.6 Å². The Labute approximate surface area is 202 Å². The van der Waals surface area contributed by atoms with Gasteiger partial charge < -0.3 is 4.90 Å². The second kappa shape index (κ2) is 8.40. The average Bonchev–Trinajstić information content (AvgIpc) is 3.25. The molecule has 33 heavy (non-hydrogen) atoms. The summed E-state index contributed by atoms with van der Waals surface area (Å²) in [5.74, 6) is 0. The van der Waals surface area contributed by atoms with Crippen molar-refractivity contribution < 1.29 is 0 Å². The average molecular weight is 462 g/mol. The van der Waals surface area contributed by atoms with Crippen LogP contribution in [0.4, 0.5) is 17.1 Å². The highest BCUT2D eigenvalue weighted by Crippen LogP contribution is 2.45. The van der Waals surface area contributed by atoms with Gasteiger partial charge in [0.15, 0.2) is 0 Å². The van der Waals surface area contributed by atoms with E-state index in [0.29, 0.717) is 0 Å². The zero-order valence-electron chi connectivity index (χ0n) is 17.8. The molecular weight excluding hydrogens is 442 g/mol. The van der Waals surface area contributed by atoms with Crippen LogP contribution in [0.15, 0.2) is 121 Å². The number of hydrogen-bond donors (Lipinski definition) is 0. The molecule has 0 fully saturated rings. The number of fused-ring (bicyclic) bond motifs is 3. The van der Waals surface area contributed by atoms with Crippen LogP contribution >= 0.6 is 22.9 Å². The molecule has 0 N–H and O–H groups in total. The van der Waals surface area contributed by atoms with Crippen LogP contribution in [0.3, 0.4) is 0 Å². The molecule has 1 heterocycles. The molecule has 6 rings (SSSR count). The number of benzene rings is 5. The molecule has 5 aromatic carbocycles. The fourth-order valence-electron chi connectivity index (χ4n) is 4.38. The summed E-state index contributed by atoms with van der Waals surface area (Å²) in [6, 6.07) is 42.5. The van der Waals surface area contributed by atoms with Gasteiger partial charge in [-0.1, -0.05) is 90.5 Å². The van der Waals surface area contributed by atoms with Gasteiger partial charge in [-0.05, 0) is 53.6 Å². The van der Waals surface area contributed by atoms with Crippen LogP contribution in [0.2, 0.25) is 5.02 Å². The van der Waals surface area contributed by atoms with E-state index in [4.69, 9.17) is 11.6 Å². The lowest BCUT2D eigenvalue weighted by atomic mass is 10.0. The maximum absolute atomic E-state index is 6.43. The molecule has 1 aromatic heterocycles. The van der Waals surface area contributed by atoms with Gasteiger partial charge in [-0.2, -0.15) is 0 Å². The minimum atomic E-state index is 0.724. The fourth-order valence-corrected chi connectivity index (χ4v) is 5.78. The predicted octanol–water partition coefficient (Wildman–Crippen LogP) is 9.84. The maximum Gasteiger partial charge on any atom is 0.0640 e. The molecule has 1 nitrogen and oxygen atoms in total. The normalized spacial score (nSPS) is 11.2. The van der Waals surface area contributed by atoms with Crippen molar-refractivity contribution in [1.29, 1.82) is 0 Å². The van der Waals surface area contributed by atoms with Gasteiger partial charge in [0, 0.05) is 31.9 Å². The van der Waals surface area contributed by atoms with Crippen LogP contribution in [0.1, 0.15) is 0 Å². The van der Waals surface area contributed by atoms with Crippen molar-refractivity contribution in [3.8, 4) is 11.1 Å². The van der Waals surface area contributed by atoms with Gasteiger partial charge in [0.2, 0.25) is 0 Å². The van der Waals surface area contributed by atoms with E-state index < -0.39 is 0 Å². The van der Waals surface area contributed by atoms with E-state index in [2.05, 4.69) is 102 Å². The summed E-state index contributed by atoms with van der Waals surface area (Å²) in [7, 11) is 0. The minimum absolute atomic E-state index is 0.724. The van der Waals surface area contributed by atoms with Gasteiger partial charge in [0.05, 0.1) is 10.4 Å². The van der Waals surface area contributed by atoms with Crippen LogP contribution in [0.5, 0.6) is 0 Å². The zero-order chi connectivity index (χ0) is 22.2. The fraction of sp³-hybridized carbons (Fsp3) is 0. The second-order valence-electron chi connectivity index (χ2n) is 7.98. The van der Waals surface area contributed by atoms with Crippen LogP contribution in [0.25, 0.3) is 31.3 Å². The van der Waals surface area contributed by atoms with E-state index in [-0.39, 0.29) is 0 Å². The Bertz CT molecular complexity index is 1570. The summed E-state index contributed by atoms with van der Waals surface area (Å²) in [5, 5.41) is 3.30. The number of rotatable bonds is 4. The van der Waals surface area contributed by atoms with Crippen molar-refractivity contribution in [2.45, 2.75) is 0 Å². The largest absolute Gasteiger partial charge is 0.309 e. The molecule has 6 aromatic rings. The van der Waals surface area contributed by atoms with Crippen molar-refractivity contribution in [3.63, 3.8) is 0 Å². The van der Waals surface area contributed by atoms with Gasteiger partial charge in [-0.3, -0.25) is 0 Å². The van der Waals surface area contributed by atoms with E-state index in [0.717, 1.165) is 22.1 Å². The van der Waals surface area contributed by atoms with Crippen molar-refractivity contribution >= 4 is 60.2 Å². The molecule has 0 atom stereocenters. The lowest BCUT2D eigenvalue weighted by molar-refractivity contribution is 1.30. The van der Waals surface area contributed by atoms with E-state index >= 15 is 0 Å². The molecule has 0 aliphatic carbocycles. The molecule has 3 heteroatoms. The van der Waals surface area contributed by atoms with E-state index in [1.165, 1.54) is 31.3 Å². The lowest BCUT2D eigenvalue weighted by Crippen LogP contribution is -2.10. The quantitative estimate of drug-likeness (QED) is 0.252. The molecule has 0 unspecified atom stereocenters. The lowest BCUT2D eigenvalue weighted by Gasteiger charge is -2.26. The summed E-state index contributed by atoms with van der Waals surface area (Å²) in [6.07, 6.45) is 0. The summed E-state index contributed by atoms with van der Waals surface area (Å²) >= 11 is 8.26.